The average molecular weight is 200 g/mol. The lowest BCUT2D eigenvalue weighted by Gasteiger charge is -2.25. The minimum Gasteiger partial charge on any atom is -0.469 e. The number of carbonyl (C=O) groups is 3. The van der Waals surface area contributed by atoms with Crippen molar-refractivity contribution in [1.82, 2.24) is 10.2 Å². The van der Waals surface area contributed by atoms with Crippen LogP contribution in [0.1, 0.15) is 6.42 Å². The van der Waals surface area contributed by atoms with Crippen molar-refractivity contribution < 1.29 is 19.1 Å². The Balaban J connectivity index is 2.40. The molecule has 6 nitrogen and oxygen atoms in total. The molecule has 1 N–H and O–H groups in total. The van der Waals surface area contributed by atoms with Crippen LogP contribution in [0.3, 0.4) is 0 Å². The van der Waals surface area contributed by atoms with Gasteiger partial charge in [0.25, 0.3) is 0 Å². The molecule has 1 fully saturated rings. The molecule has 0 bridgehead atoms. The molecule has 0 aromatic heterocycles. The van der Waals surface area contributed by atoms with Gasteiger partial charge in [-0.25, -0.2) is 0 Å². The Morgan fingerprint density at radius 1 is 1.57 bits per heavy atom. The lowest BCUT2D eigenvalue weighted by Crippen LogP contribution is -2.52. The maximum absolute atomic E-state index is 11.2. The number of hydrogen-bond donors (Lipinski definition) is 1. The first kappa shape index (κ1) is 10.5. The number of rotatable bonds is 3. The number of esters is 1. The van der Waals surface area contributed by atoms with Gasteiger partial charge in [-0.2, -0.15) is 0 Å². The molecule has 0 atom stereocenters. The van der Waals surface area contributed by atoms with E-state index < -0.39 is 11.8 Å². The summed E-state index contributed by atoms with van der Waals surface area (Å²) in [5.41, 5.74) is 0. The summed E-state index contributed by atoms with van der Waals surface area (Å²) in [5.74, 6) is -1.58. The molecule has 78 valence electrons. The van der Waals surface area contributed by atoms with Crippen LogP contribution >= 0.6 is 0 Å². The molecule has 1 saturated heterocycles. The maximum atomic E-state index is 11.2. The third kappa shape index (κ3) is 2.45. The number of nitrogens with zero attached hydrogens (tertiary/aromatic N) is 1. The first-order chi connectivity index (χ1) is 6.65. The number of ether oxygens (including phenoxy) is 1. The third-order valence-electron chi connectivity index (χ3n) is 1.96. The molecule has 0 saturated carbocycles. The molecule has 0 unspecified atom stereocenters. The van der Waals surface area contributed by atoms with E-state index in [1.165, 1.54) is 12.0 Å². The van der Waals surface area contributed by atoms with E-state index in [1.807, 2.05) is 0 Å². The van der Waals surface area contributed by atoms with E-state index in [0.29, 0.717) is 13.1 Å². The molecule has 6 heteroatoms. The zero-order valence-electron chi connectivity index (χ0n) is 7.91. The lowest BCUT2D eigenvalue weighted by molar-refractivity contribution is -0.149. The standard InChI is InChI=1S/C8H12N2O4/c1-14-6(11)2-4-10-5-3-9-7(12)8(10)13/h2-5H2,1H3,(H,9,12). The van der Waals surface area contributed by atoms with Crippen LogP contribution in [0.5, 0.6) is 0 Å². The molecular formula is C8H12N2O4. The zero-order chi connectivity index (χ0) is 10.6. The van der Waals surface area contributed by atoms with Gasteiger partial charge in [0.2, 0.25) is 0 Å². The number of hydrogen-bond acceptors (Lipinski definition) is 4. The summed E-state index contributed by atoms with van der Waals surface area (Å²) >= 11 is 0. The predicted octanol–water partition coefficient (Wildman–Crippen LogP) is -1.49. The van der Waals surface area contributed by atoms with E-state index in [2.05, 4.69) is 10.1 Å². The molecule has 1 aliphatic rings. The Hall–Kier alpha value is -1.59. The quantitative estimate of drug-likeness (QED) is 0.444. The summed E-state index contributed by atoms with van der Waals surface area (Å²) < 4.78 is 4.43. The monoisotopic (exact) mass is 200 g/mol. The smallest absolute Gasteiger partial charge is 0.311 e. The summed E-state index contributed by atoms with van der Waals surface area (Å²) in [6.45, 7) is 1.12. The van der Waals surface area contributed by atoms with Crippen LogP contribution in [0, 0.1) is 0 Å². The zero-order valence-corrected chi connectivity index (χ0v) is 7.91. The highest BCUT2D eigenvalue weighted by Gasteiger charge is 2.25. The Kier molecular flexibility index (Phi) is 3.44. The topological polar surface area (TPSA) is 75.7 Å². The minimum atomic E-state index is -0.610. The number of piperazine rings is 1. The first-order valence-electron chi connectivity index (χ1n) is 4.29. The van der Waals surface area contributed by atoms with Crippen molar-refractivity contribution in [1.29, 1.82) is 0 Å². The van der Waals surface area contributed by atoms with Gasteiger partial charge >= 0.3 is 17.8 Å². The highest BCUT2D eigenvalue weighted by molar-refractivity contribution is 6.35. The molecule has 1 aliphatic heterocycles. The van der Waals surface area contributed by atoms with Crippen molar-refractivity contribution in [3.63, 3.8) is 0 Å². The molecule has 0 radical (unpaired) electrons. The number of methoxy groups -OCH3 is 1. The molecule has 1 rings (SSSR count). The maximum Gasteiger partial charge on any atom is 0.311 e. The summed E-state index contributed by atoms with van der Waals surface area (Å²) in [5, 5.41) is 2.42. The van der Waals surface area contributed by atoms with Gasteiger partial charge in [0.1, 0.15) is 0 Å². The van der Waals surface area contributed by atoms with Gasteiger partial charge in [0.05, 0.1) is 13.5 Å². The Labute approximate surface area is 81.2 Å². The van der Waals surface area contributed by atoms with Crippen molar-refractivity contribution in [3.05, 3.63) is 0 Å². The fourth-order valence-corrected chi connectivity index (χ4v) is 1.17. The fourth-order valence-electron chi connectivity index (χ4n) is 1.17. The molecule has 0 aromatic rings. The van der Waals surface area contributed by atoms with Crippen molar-refractivity contribution in [3.8, 4) is 0 Å². The summed E-state index contributed by atoms with van der Waals surface area (Å²) in [4.78, 5) is 34.2. The SMILES string of the molecule is COC(=O)CCN1CCNC(=O)C1=O. The van der Waals surface area contributed by atoms with E-state index in [9.17, 15) is 14.4 Å². The van der Waals surface area contributed by atoms with Crippen LogP contribution in [-0.4, -0.2) is 49.4 Å². The van der Waals surface area contributed by atoms with E-state index >= 15 is 0 Å². The fraction of sp³-hybridized carbons (Fsp3) is 0.625. The van der Waals surface area contributed by atoms with E-state index in [-0.39, 0.29) is 18.9 Å². The molecule has 14 heavy (non-hydrogen) atoms. The summed E-state index contributed by atoms with van der Waals surface area (Å²) in [6.07, 6.45) is 0.121. The number of amides is 2. The van der Waals surface area contributed by atoms with E-state index in [4.69, 9.17) is 0 Å². The largest absolute Gasteiger partial charge is 0.469 e. The van der Waals surface area contributed by atoms with Gasteiger partial charge in [-0.1, -0.05) is 0 Å². The molecular weight excluding hydrogens is 188 g/mol. The molecule has 1 heterocycles. The third-order valence-corrected chi connectivity index (χ3v) is 1.96. The van der Waals surface area contributed by atoms with Gasteiger partial charge in [0.15, 0.2) is 0 Å². The number of nitrogens with one attached hydrogen (secondary N) is 1. The molecule has 0 aromatic carbocycles. The second-order valence-corrected chi connectivity index (χ2v) is 2.87. The van der Waals surface area contributed by atoms with Crippen molar-refractivity contribution in [2.24, 2.45) is 0 Å². The molecule has 0 spiro atoms. The summed E-state index contributed by atoms with van der Waals surface area (Å²) in [7, 11) is 1.28. The first-order valence-corrected chi connectivity index (χ1v) is 4.29. The van der Waals surface area contributed by atoms with Crippen LogP contribution in [0.2, 0.25) is 0 Å². The van der Waals surface area contributed by atoms with Crippen molar-refractivity contribution in [2.75, 3.05) is 26.7 Å². The Morgan fingerprint density at radius 2 is 2.29 bits per heavy atom. The van der Waals surface area contributed by atoms with Crippen LogP contribution in [0.4, 0.5) is 0 Å². The lowest BCUT2D eigenvalue weighted by atomic mass is 10.3. The normalized spacial score (nSPS) is 16.5. The van der Waals surface area contributed by atoms with Crippen molar-refractivity contribution >= 4 is 17.8 Å². The van der Waals surface area contributed by atoms with Gasteiger partial charge in [-0.15, -0.1) is 0 Å². The van der Waals surface area contributed by atoms with Crippen LogP contribution < -0.4 is 5.32 Å². The van der Waals surface area contributed by atoms with E-state index in [1.54, 1.807) is 0 Å². The van der Waals surface area contributed by atoms with Gasteiger partial charge in [0, 0.05) is 19.6 Å². The second kappa shape index (κ2) is 4.59. The van der Waals surface area contributed by atoms with Crippen LogP contribution in [0.25, 0.3) is 0 Å². The van der Waals surface area contributed by atoms with Crippen molar-refractivity contribution in [2.45, 2.75) is 6.42 Å². The van der Waals surface area contributed by atoms with Gasteiger partial charge < -0.3 is 15.0 Å². The minimum absolute atomic E-state index is 0.121. The Morgan fingerprint density at radius 3 is 2.93 bits per heavy atom. The van der Waals surface area contributed by atoms with Gasteiger partial charge in [-0.3, -0.25) is 14.4 Å². The number of carbonyl (C=O) groups excluding carboxylic acids is 3. The van der Waals surface area contributed by atoms with Crippen LogP contribution in [0.15, 0.2) is 0 Å². The molecule has 0 aliphatic carbocycles. The van der Waals surface area contributed by atoms with Gasteiger partial charge in [-0.05, 0) is 0 Å². The highest BCUT2D eigenvalue weighted by atomic mass is 16.5. The highest BCUT2D eigenvalue weighted by Crippen LogP contribution is 1.98. The Bertz CT molecular complexity index is 264. The second-order valence-electron chi connectivity index (χ2n) is 2.87. The van der Waals surface area contributed by atoms with E-state index in [0.717, 1.165) is 0 Å². The summed E-state index contributed by atoms with van der Waals surface area (Å²) in [6, 6.07) is 0. The predicted molar refractivity (Wildman–Crippen MR) is 46.2 cm³/mol. The van der Waals surface area contributed by atoms with Crippen LogP contribution in [-0.2, 0) is 19.1 Å². The average Bonchev–Trinajstić information content (AvgIpc) is 2.20. The molecule has 2 amide bonds.